The summed E-state index contributed by atoms with van der Waals surface area (Å²) in [5.74, 6) is -1.91. The van der Waals surface area contributed by atoms with Crippen molar-refractivity contribution < 1.29 is 29.0 Å². The first-order chi connectivity index (χ1) is 10.7. The number of amides is 1. The van der Waals surface area contributed by atoms with Gasteiger partial charge in [-0.3, -0.25) is 4.79 Å². The van der Waals surface area contributed by atoms with Crippen molar-refractivity contribution in [2.45, 2.75) is 83.5 Å². The van der Waals surface area contributed by atoms with E-state index < -0.39 is 36.1 Å². The first-order valence-electron chi connectivity index (χ1n) is 8.09. The van der Waals surface area contributed by atoms with Crippen LogP contribution in [0.25, 0.3) is 0 Å². The number of esters is 1. The Hall–Kier alpha value is -1.79. The maximum absolute atomic E-state index is 11.9. The number of carbonyl (C=O) groups excluding carboxylic acids is 2. The van der Waals surface area contributed by atoms with E-state index in [1.54, 1.807) is 20.8 Å². The van der Waals surface area contributed by atoms with E-state index in [2.05, 4.69) is 5.32 Å². The second-order valence-electron chi connectivity index (χ2n) is 6.84. The van der Waals surface area contributed by atoms with Crippen molar-refractivity contribution in [1.82, 2.24) is 5.32 Å². The topological polar surface area (TPSA) is 102 Å². The van der Waals surface area contributed by atoms with Crippen LogP contribution in [-0.2, 0) is 19.1 Å². The minimum Gasteiger partial charge on any atom is -0.480 e. The molecule has 1 atom stereocenters. The zero-order chi connectivity index (χ0) is 17.5. The van der Waals surface area contributed by atoms with Crippen molar-refractivity contribution in [2.24, 2.45) is 0 Å². The first-order valence-corrected chi connectivity index (χ1v) is 8.09. The van der Waals surface area contributed by atoms with E-state index in [-0.39, 0.29) is 6.10 Å². The lowest BCUT2D eigenvalue weighted by Crippen LogP contribution is -2.45. The van der Waals surface area contributed by atoms with E-state index in [1.807, 2.05) is 0 Å². The summed E-state index contributed by atoms with van der Waals surface area (Å²) < 4.78 is 10.3. The van der Waals surface area contributed by atoms with Gasteiger partial charge in [-0.2, -0.15) is 0 Å². The Bertz CT molecular complexity index is 421. The molecule has 0 heterocycles. The molecule has 0 aliphatic heterocycles. The summed E-state index contributed by atoms with van der Waals surface area (Å²) in [7, 11) is 0. The minimum absolute atomic E-state index is 0.152. The summed E-state index contributed by atoms with van der Waals surface area (Å²) >= 11 is 0. The Morgan fingerprint density at radius 2 is 1.70 bits per heavy atom. The summed E-state index contributed by atoms with van der Waals surface area (Å²) in [6.07, 6.45) is 4.47. The third-order valence-electron chi connectivity index (χ3n) is 3.46. The fourth-order valence-corrected chi connectivity index (χ4v) is 2.41. The molecule has 0 bridgehead atoms. The maximum atomic E-state index is 11.9. The minimum atomic E-state index is -1.36. The molecule has 1 amide bonds. The van der Waals surface area contributed by atoms with Crippen LogP contribution >= 0.6 is 0 Å². The Kier molecular flexibility index (Phi) is 7.32. The van der Waals surface area contributed by atoms with Crippen molar-refractivity contribution in [3.8, 4) is 0 Å². The molecule has 132 valence electrons. The lowest BCUT2D eigenvalue weighted by molar-refractivity contribution is -0.154. The van der Waals surface area contributed by atoms with Gasteiger partial charge in [0.25, 0.3) is 0 Å². The smallest absolute Gasteiger partial charge is 0.408 e. The van der Waals surface area contributed by atoms with E-state index in [0.29, 0.717) is 0 Å². The van der Waals surface area contributed by atoms with Crippen molar-refractivity contribution in [3.63, 3.8) is 0 Å². The highest BCUT2D eigenvalue weighted by atomic mass is 16.6. The van der Waals surface area contributed by atoms with Gasteiger partial charge < -0.3 is 19.9 Å². The number of ether oxygens (including phenoxy) is 2. The van der Waals surface area contributed by atoms with Crippen LogP contribution in [0.3, 0.4) is 0 Å². The second kappa shape index (κ2) is 8.74. The van der Waals surface area contributed by atoms with Crippen LogP contribution in [0.2, 0.25) is 0 Å². The predicted octanol–water partition coefficient (Wildman–Crippen LogP) is 2.62. The summed E-state index contributed by atoms with van der Waals surface area (Å²) in [4.78, 5) is 34.8. The lowest BCUT2D eigenvalue weighted by Gasteiger charge is -2.22. The maximum Gasteiger partial charge on any atom is 0.408 e. The molecule has 1 aliphatic rings. The number of nitrogens with one attached hydrogen (secondary N) is 1. The van der Waals surface area contributed by atoms with E-state index in [1.165, 1.54) is 0 Å². The molecule has 0 spiro atoms. The number of hydrogen-bond donors (Lipinski definition) is 2. The van der Waals surface area contributed by atoms with Crippen molar-refractivity contribution in [1.29, 1.82) is 0 Å². The molecule has 0 aromatic carbocycles. The molecular weight excluding hydrogens is 302 g/mol. The first kappa shape index (κ1) is 19.3. The predicted molar refractivity (Wildman–Crippen MR) is 83.0 cm³/mol. The molecule has 2 N–H and O–H groups in total. The van der Waals surface area contributed by atoms with Crippen molar-refractivity contribution in [3.05, 3.63) is 0 Å². The van der Waals surface area contributed by atoms with Crippen LogP contribution in [0.15, 0.2) is 0 Å². The Morgan fingerprint density at radius 3 is 2.17 bits per heavy atom. The van der Waals surface area contributed by atoms with Gasteiger partial charge in [-0.05, 0) is 46.5 Å². The standard InChI is InChI=1S/C16H27NO6/c1-16(2,3)23-15(21)17-12(14(19)20)10-13(18)22-11-8-6-4-5-7-9-11/h11-12H,4-10H2,1-3H3,(H,17,21)(H,19,20). The molecule has 0 saturated heterocycles. The highest BCUT2D eigenvalue weighted by molar-refractivity contribution is 5.85. The van der Waals surface area contributed by atoms with Gasteiger partial charge in [0.2, 0.25) is 0 Å². The SMILES string of the molecule is CC(C)(C)OC(=O)NC(CC(=O)OC1CCCCCC1)C(=O)O. The zero-order valence-electron chi connectivity index (χ0n) is 14.1. The third-order valence-corrected chi connectivity index (χ3v) is 3.46. The van der Waals surface area contributed by atoms with Gasteiger partial charge >= 0.3 is 18.0 Å². The Morgan fingerprint density at radius 1 is 1.13 bits per heavy atom. The third kappa shape index (κ3) is 8.42. The van der Waals surface area contributed by atoms with E-state index in [4.69, 9.17) is 14.6 Å². The van der Waals surface area contributed by atoms with Gasteiger partial charge in [0.15, 0.2) is 0 Å². The van der Waals surface area contributed by atoms with Crippen molar-refractivity contribution in [2.75, 3.05) is 0 Å². The number of aliphatic carboxylic acids is 1. The van der Waals surface area contributed by atoms with Crippen LogP contribution in [0.1, 0.15) is 65.7 Å². The highest BCUT2D eigenvalue weighted by Crippen LogP contribution is 2.20. The fourth-order valence-electron chi connectivity index (χ4n) is 2.41. The summed E-state index contributed by atoms with van der Waals surface area (Å²) in [5, 5.41) is 11.3. The van der Waals surface area contributed by atoms with Crippen LogP contribution in [0.4, 0.5) is 4.79 Å². The molecule has 0 aromatic heterocycles. The van der Waals surface area contributed by atoms with Crippen LogP contribution in [0, 0.1) is 0 Å². The summed E-state index contributed by atoms with van der Waals surface area (Å²) in [6.45, 7) is 5.01. The fraction of sp³-hybridized carbons (Fsp3) is 0.812. The van der Waals surface area contributed by atoms with Crippen molar-refractivity contribution >= 4 is 18.0 Å². The van der Waals surface area contributed by atoms with Gasteiger partial charge in [0.05, 0.1) is 6.42 Å². The molecule has 0 radical (unpaired) electrons. The molecule has 7 nitrogen and oxygen atoms in total. The average molecular weight is 329 g/mol. The molecule has 1 fully saturated rings. The van der Waals surface area contributed by atoms with E-state index in [9.17, 15) is 14.4 Å². The summed E-state index contributed by atoms with van der Waals surface area (Å²) in [5.41, 5.74) is -0.742. The Labute approximate surface area is 136 Å². The molecule has 1 unspecified atom stereocenters. The number of hydrogen-bond acceptors (Lipinski definition) is 5. The second-order valence-corrected chi connectivity index (χ2v) is 6.84. The molecule has 7 heteroatoms. The van der Waals surface area contributed by atoms with Gasteiger partial charge in [-0.1, -0.05) is 12.8 Å². The normalized spacial score (nSPS) is 17.7. The lowest BCUT2D eigenvalue weighted by atomic mass is 10.1. The number of carboxylic acids is 1. The largest absolute Gasteiger partial charge is 0.480 e. The molecule has 0 aromatic rings. The molecular formula is C16H27NO6. The zero-order valence-corrected chi connectivity index (χ0v) is 14.1. The number of carbonyl (C=O) groups is 3. The number of rotatable bonds is 5. The molecule has 1 saturated carbocycles. The average Bonchev–Trinajstić information content (AvgIpc) is 2.64. The van der Waals surface area contributed by atoms with Crippen LogP contribution < -0.4 is 5.32 Å². The van der Waals surface area contributed by atoms with E-state index in [0.717, 1.165) is 38.5 Å². The molecule has 1 rings (SSSR count). The highest BCUT2D eigenvalue weighted by Gasteiger charge is 2.28. The van der Waals surface area contributed by atoms with Gasteiger partial charge in [-0.25, -0.2) is 9.59 Å². The number of carboxylic acid groups (broad SMARTS) is 1. The van der Waals surface area contributed by atoms with Gasteiger partial charge in [0, 0.05) is 0 Å². The monoisotopic (exact) mass is 329 g/mol. The van der Waals surface area contributed by atoms with Gasteiger partial charge in [-0.15, -0.1) is 0 Å². The van der Waals surface area contributed by atoms with Crippen LogP contribution in [0.5, 0.6) is 0 Å². The quantitative estimate of drug-likeness (QED) is 0.594. The Balaban J connectivity index is 2.49. The van der Waals surface area contributed by atoms with Crippen LogP contribution in [-0.4, -0.2) is 40.9 Å². The van der Waals surface area contributed by atoms with Gasteiger partial charge in [0.1, 0.15) is 17.7 Å². The van der Waals surface area contributed by atoms with E-state index >= 15 is 0 Å². The summed E-state index contributed by atoms with van der Waals surface area (Å²) in [6, 6.07) is -1.36. The number of alkyl carbamates (subject to hydrolysis) is 1. The molecule has 23 heavy (non-hydrogen) atoms. The molecule has 1 aliphatic carbocycles.